The van der Waals surface area contributed by atoms with Crippen molar-refractivity contribution >= 4 is 12.4 Å². The number of halogens is 1. The molecule has 0 radical (unpaired) electrons. The molecule has 7 heteroatoms. The summed E-state index contributed by atoms with van der Waals surface area (Å²) in [5.41, 5.74) is 1.99. The first kappa shape index (κ1) is 17.4. The zero-order valence-electron chi connectivity index (χ0n) is 13.7. The molecular formula is C18H20ClN5O. The molecule has 1 aromatic carbocycles. The third-order valence-electron chi connectivity index (χ3n) is 4.12. The number of imidazole rings is 1. The maximum atomic E-state index is 5.98. The number of nitrogens with zero attached hydrogens (tertiary/aromatic N) is 4. The summed E-state index contributed by atoms with van der Waals surface area (Å²) >= 11 is 0. The molecule has 1 aliphatic rings. The number of ether oxygens (including phenoxy) is 1. The Bertz CT molecular complexity index is 802. The lowest BCUT2D eigenvalue weighted by Crippen LogP contribution is -2.34. The van der Waals surface area contributed by atoms with Crippen LogP contribution in [0.15, 0.2) is 55.2 Å². The molecular weight excluding hydrogens is 338 g/mol. The largest absolute Gasteiger partial charge is 0.474 e. The van der Waals surface area contributed by atoms with Crippen LogP contribution < -0.4 is 10.1 Å². The fourth-order valence-electron chi connectivity index (χ4n) is 2.83. The van der Waals surface area contributed by atoms with Gasteiger partial charge in [0.2, 0.25) is 5.88 Å². The molecule has 6 nitrogen and oxygen atoms in total. The van der Waals surface area contributed by atoms with Gasteiger partial charge in [0.1, 0.15) is 24.6 Å². The van der Waals surface area contributed by atoms with Crippen molar-refractivity contribution in [3.63, 3.8) is 0 Å². The van der Waals surface area contributed by atoms with Crippen molar-refractivity contribution in [3.05, 3.63) is 55.2 Å². The van der Waals surface area contributed by atoms with E-state index in [1.165, 1.54) is 6.33 Å². The lowest BCUT2D eigenvalue weighted by Gasteiger charge is -2.23. The van der Waals surface area contributed by atoms with Gasteiger partial charge in [-0.05, 0) is 25.9 Å². The average molecular weight is 358 g/mol. The van der Waals surface area contributed by atoms with Crippen molar-refractivity contribution in [2.24, 2.45) is 0 Å². The highest BCUT2D eigenvalue weighted by molar-refractivity contribution is 5.85. The van der Waals surface area contributed by atoms with Crippen molar-refractivity contribution in [2.75, 3.05) is 13.1 Å². The maximum absolute atomic E-state index is 5.98. The quantitative estimate of drug-likeness (QED) is 0.777. The van der Waals surface area contributed by atoms with Crippen LogP contribution in [0, 0.1) is 0 Å². The van der Waals surface area contributed by atoms with Gasteiger partial charge >= 0.3 is 0 Å². The van der Waals surface area contributed by atoms with Crippen molar-refractivity contribution in [1.82, 2.24) is 24.8 Å². The van der Waals surface area contributed by atoms with Crippen molar-refractivity contribution in [3.8, 4) is 23.0 Å². The van der Waals surface area contributed by atoms with Crippen LogP contribution in [-0.2, 0) is 0 Å². The van der Waals surface area contributed by atoms with Crippen LogP contribution in [0.1, 0.15) is 12.8 Å². The molecule has 130 valence electrons. The maximum Gasteiger partial charge on any atom is 0.218 e. The number of aromatic nitrogens is 4. The summed E-state index contributed by atoms with van der Waals surface area (Å²) < 4.78 is 7.87. The van der Waals surface area contributed by atoms with Crippen LogP contribution in [-0.4, -0.2) is 38.7 Å². The van der Waals surface area contributed by atoms with E-state index in [1.807, 2.05) is 47.2 Å². The Balaban J connectivity index is 0.00000182. The molecule has 0 saturated carbocycles. The van der Waals surface area contributed by atoms with E-state index in [0.29, 0.717) is 5.88 Å². The van der Waals surface area contributed by atoms with Crippen LogP contribution in [0.25, 0.3) is 17.1 Å². The number of nitrogens with one attached hydrogen (secondary N) is 1. The Morgan fingerprint density at radius 1 is 1.04 bits per heavy atom. The number of hydrogen-bond acceptors (Lipinski definition) is 5. The van der Waals surface area contributed by atoms with E-state index < -0.39 is 0 Å². The number of rotatable bonds is 4. The Labute approximate surface area is 152 Å². The molecule has 0 unspecified atom stereocenters. The lowest BCUT2D eigenvalue weighted by atomic mass is 10.1. The minimum absolute atomic E-state index is 0. The van der Waals surface area contributed by atoms with Gasteiger partial charge in [-0.2, -0.15) is 0 Å². The second-order valence-electron chi connectivity index (χ2n) is 5.81. The normalized spacial score (nSPS) is 14.7. The predicted octanol–water partition coefficient (Wildman–Crippen LogP) is 2.88. The average Bonchev–Trinajstić information content (AvgIpc) is 3.14. The highest BCUT2D eigenvalue weighted by Crippen LogP contribution is 2.20. The van der Waals surface area contributed by atoms with Gasteiger partial charge in [0.05, 0.1) is 5.69 Å². The van der Waals surface area contributed by atoms with E-state index in [4.69, 9.17) is 4.74 Å². The standard InChI is InChI=1S/C18H19N5O.ClH/c1-2-4-14(5-3-1)16-11-23(13-22-16)17-10-18(21-12-20-17)24-15-6-8-19-9-7-15;/h1-5,10-13,15,19H,6-9H2;1H. The molecule has 2 aromatic heterocycles. The molecule has 0 bridgehead atoms. The smallest absolute Gasteiger partial charge is 0.218 e. The minimum Gasteiger partial charge on any atom is -0.474 e. The first-order valence-corrected chi connectivity index (χ1v) is 8.18. The summed E-state index contributed by atoms with van der Waals surface area (Å²) in [7, 11) is 0. The molecule has 1 N–H and O–H groups in total. The van der Waals surface area contributed by atoms with Gasteiger partial charge in [0.25, 0.3) is 0 Å². The molecule has 3 aromatic rings. The number of benzene rings is 1. The third-order valence-corrected chi connectivity index (χ3v) is 4.12. The van der Waals surface area contributed by atoms with E-state index in [0.717, 1.165) is 43.0 Å². The van der Waals surface area contributed by atoms with Gasteiger partial charge in [-0.25, -0.2) is 15.0 Å². The summed E-state index contributed by atoms with van der Waals surface area (Å²) in [6.45, 7) is 1.98. The zero-order valence-corrected chi connectivity index (χ0v) is 14.5. The van der Waals surface area contributed by atoms with Crippen molar-refractivity contribution in [1.29, 1.82) is 0 Å². The number of piperidine rings is 1. The molecule has 0 aliphatic carbocycles. The molecule has 1 aliphatic heterocycles. The van der Waals surface area contributed by atoms with Crippen LogP contribution >= 0.6 is 12.4 Å². The van der Waals surface area contributed by atoms with E-state index >= 15 is 0 Å². The summed E-state index contributed by atoms with van der Waals surface area (Å²) in [6, 6.07) is 11.9. The molecule has 25 heavy (non-hydrogen) atoms. The van der Waals surface area contributed by atoms with Crippen LogP contribution in [0.4, 0.5) is 0 Å². The van der Waals surface area contributed by atoms with Gasteiger partial charge in [-0.3, -0.25) is 4.57 Å². The van der Waals surface area contributed by atoms with E-state index in [9.17, 15) is 0 Å². The van der Waals surface area contributed by atoms with Gasteiger partial charge < -0.3 is 10.1 Å². The van der Waals surface area contributed by atoms with E-state index in [-0.39, 0.29) is 18.5 Å². The Morgan fingerprint density at radius 3 is 2.64 bits per heavy atom. The summed E-state index contributed by atoms with van der Waals surface area (Å²) in [5, 5.41) is 3.33. The first-order valence-electron chi connectivity index (χ1n) is 8.18. The lowest BCUT2D eigenvalue weighted by molar-refractivity contribution is 0.155. The van der Waals surface area contributed by atoms with Crippen molar-refractivity contribution < 1.29 is 4.74 Å². The second kappa shape index (κ2) is 8.09. The molecule has 0 atom stereocenters. The number of hydrogen-bond donors (Lipinski definition) is 1. The monoisotopic (exact) mass is 357 g/mol. The molecule has 1 saturated heterocycles. The zero-order chi connectivity index (χ0) is 16.2. The van der Waals surface area contributed by atoms with Crippen LogP contribution in [0.3, 0.4) is 0 Å². The summed E-state index contributed by atoms with van der Waals surface area (Å²) in [4.78, 5) is 13.0. The highest BCUT2D eigenvalue weighted by Gasteiger charge is 2.15. The van der Waals surface area contributed by atoms with Crippen LogP contribution in [0.5, 0.6) is 5.88 Å². The fourth-order valence-corrected chi connectivity index (χ4v) is 2.83. The second-order valence-corrected chi connectivity index (χ2v) is 5.81. The first-order chi connectivity index (χ1) is 11.9. The SMILES string of the molecule is Cl.c1ccc(-c2cn(-c3cc(OC4CCNCC4)ncn3)cn2)cc1. The molecule has 4 rings (SSSR count). The summed E-state index contributed by atoms with van der Waals surface area (Å²) in [6.07, 6.45) is 7.49. The molecule has 0 spiro atoms. The third kappa shape index (κ3) is 4.15. The van der Waals surface area contributed by atoms with E-state index in [1.54, 1.807) is 6.33 Å². The van der Waals surface area contributed by atoms with Gasteiger partial charge in [-0.1, -0.05) is 30.3 Å². The Morgan fingerprint density at radius 2 is 1.84 bits per heavy atom. The summed E-state index contributed by atoms with van der Waals surface area (Å²) in [5.74, 6) is 1.37. The Kier molecular flexibility index (Phi) is 5.63. The minimum atomic E-state index is 0. The highest BCUT2D eigenvalue weighted by atomic mass is 35.5. The molecule has 3 heterocycles. The fraction of sp³-hybridized carbons (Fsp3) is 0.278. The predicted molar refractivity (Wildman–Crippen MR) is 98.4 cm³/mol. The van der Waals surface area contributed by atoms with E-state index in [2.05, 4.69) is 20.3 Å². The van der Waals surface area contributed by atoms with Gasteiger partial charge in [0.15, 0.2) is 0 Å². The van der Waals surface area contributed by atoms with Crippen molar-refractivity contribution in [2.45, 2.75) is 18.9 Å². The Hall–Kier alpha value is -2.44. The van der Waals surface area contributed by atoms with Gasteiger partial charge in [0, 0.05) is 17.8 Å². The van der Waals surface area contributed by atoms with Crippen LogP contribution in [0.2, 0.25) is 0 Å². The molecule has 1 fully saturated rings. The topological polar surface area (TPSA) is 64.9 Å². The molecule has 0 amide bonds. The van der Waals surface area contributed by atoms with Gasteiger partial charge in [-0.15, -0.1) is 12.4 Å².